The van der Waals surface area contributed by atoms with Gasteiger partial charge in [0, 0.05) is 43.7 Å². The third-order valence-corrected chi connectivity index (χ3v) is 9.52. The van der Waals surface area contributed by atoms with Gasteiger partial charge in [-0.2, -0.15) is 0 Å². The van der Waals surface area contributed by atoms with Crippen LogP contribution in [0.4, 0.5) is 9.59 Å². The Kier molecular flexibility index (Phi) is 23.2. The quantitative estimate of drug-likeness (QED) is 0.0342. The van der Waals surface area contributed by atoms with Crippen LogP contribution in [0.1, 0.15) is 44.1 Å². The SMILES string of the molecule is NC(=O)OCCSSC[C@H](NC(=O)[C@H](Cc1ccccc1)NC(=O)CNC(=O)CCCNC(=O)CC[C@H](NC(=O)N[C@@H](CCC(=O)O)C(=O)O)C(=O)O)C(=O)O. The standard InChI is InChI=1S/C32H45N7O15S2/c33-31(52)54-13-14-55-56-17-22(30(50)51)37-27(45)21(15-18-5-2-1-3-6-18)36-25(42)16-35-23(40)7-4-12-34-24(41)10-8-19(28(46)47)38-32(53)39-20(29(48)49)9-11-26(43)44/h1-3,5-6,19-22H,4,7-17H2,(H2,33,52)(H,34,41)(H,35,40)(H,36,42)(H,37,45)(H,43,44)(H,46,47)(H,48,49)(H,50,51)(H2,38,39,53)/t19-,20-,21-,22-/m0/s1. The molecule has 24 heteroatoms. The number of urea groups is 1. The van der Waals surface area contributed by atoms with Crippen LogP contribution < -0.4 is 37.6 Å². The molecule has 310 valence electrons. The summed E-state index contributed by atoms with van der Waals surface area (Å²) in [5.74, 6) is -8.13. The predicted molar refractivity (Wildman–Crippen MR) is 198 cm³/mol. The molecular weight excluding hydrogens is 787 g/mol. The molecule has 7 amide bonds. The van der Waals surface area contributed by atoms with Gasteiger partial charge < -0.3 is 62.8 Å². The molecular formula is C32H45N7O15S2. The Balaban J connectivity index is 2.56. The smallest absolute Gasteiger partial charge is 0.404 e. The molecule has 0 spiro atoms. The highest BCUT2D eigenvalue weighted by molar-refractivity contribution is 8.76. The number of carbonyl (C=O) groups is 10. The van der Waals surface area contributed by atoms with E-state index in [4.69, 9.17) is 15.9 Å². The number of nitrogens with one attached hydrogen (secondary N) is 6. The summed E-state index contributed by atoms with van der Waals surface area (Å²) in [7, 11) is 2.31. The average molecular weight is 832 g/mol. The number of benzene rings is 1. The van der Waals surface area contributed by atoms with Crippen molar-refractivity contribution in [1.82, 2.24) is 31.9 Å². The molecule has 0 saturated heterocycles. The maximum absolute atomic E-state index is 13.2. The summed E-state index contributed by atoms with van der Waals surface area (Å²) in [6, 6.07) is 1.67. The number of primary amides is 1. The zero-order valence-corrected chi connectivity index (χ0v) is 31.5. The topological polar surface area (TPSA) is 359 Å². The first-order valence-corrected chi connectivity index (χ1v) is 19.3. The Hall–Kier alpha value is -5.78. The van der Waals surface area contributed by atoms with Gasteiger partial charge in [-0.3, -0.25) is 24.0 Å². The second-order valence-corrected chi connectivity index (χ2v) is 14.2. The molecule has 1 aromatic carbocycles. The second kappa shape index (κ2) is 26.9. The van der Waals surface area contributed by atoms with Gasteiger partial charge in [-0.25, -0.2) is 24.0 Å². The average Bonchev–Trinajstić information content (AvgIpc) is 3.13. The van der Waals surface area contributed by atoms with Crippen LogP contribution in [0.5, 0.6) is 0 Å². The molecule has 0 heterocycles. The van der Waals surface area contributed by atoms with E-state index in [1.54, 1.807) is 30.3 Å². The van der Waals surface area contributed by atoms with Crippen LogP contribution >= 0.6 is 21.6 Å². The number of hydrogen-bond acceptors (Lipinski definition) is 13. The van der Waals surface area contributed by atoms with Gasteiger partial charge in [0.25, 0.3) is 0 Å². The molecule has 0 aliphatic heterocycles. The van der Waals surface area contributed by atoms with Crippen molar-refractivity contribution in [1.29, 1.82) is 0 Å². The number of amides is 7. The summed E-state index contributed by atoms with van der Waals surface area (Å²) in [6.45, 7) is -0.539. The largest absolute Gasteiger partial charge is 0.481 e. The Morgan fingerprint density at radius 1 is 0.661 bits per heavy atom. The van der Waals surface area contributed by atoms with Crippen LogP contribution in [-0.4, -0.2) is 135 Å². The van der Waals surface area contributed by atoms with E-state index in [1.807, 2.05) is 10.6 Å². The lowest BCUT2D eigenvalue weighted by Gasteiger charge is -2.21. The fraction of sp³-hybridized carbons (Fsp3) is 0.500. The number of rotatable bonds is 28. The Bertz CT molecular complexity index is 1540. The first kappa shape index (κ1) is 48.2. The van der Waals surface area contributed by atoms with E-state index in [2.05, 4.69) is 26.0 Å². The summed E-state index contributed by atoms with van der Waals surface area (Å²) in [4.78, 5) is 119. The Morgan fingerprint density at radius 3 is 1.82 bits per heavy atom. The minimum Gasteiger partial charge on any atom is -0.481 e. The van der Waals surface area contributed by atoms with Gasteiger partial charge in [-0.15, -0.1) is 0 Å². The summed E-state index contributed by atoms with van der Waals surface area (Å²) in [6.07, 6.45) is -2.74. The molecule has 0 bridgehead atoms. The van der Waals surface area contributed by atoms with Crippen LogP contribution in [0.25, 0.3) is 0 Å². The van der Waals surface area contributed by atoms with E-state index >= 15 is 0 Å². The monoisotopic (exact) mass is 831 g/mol. The number of hydrogen-bond donors (Lipinski definition) is 11. The fourth-order valence-electron chi connectivity index (χ4n) is 4.35. The van der Waals surface area contributed by atoms with Gasteiger partial charge in [0.1, 0.15) is 30.8 Å². The van der Waals surface area contributed by atoms with Crippen molar-refractivity contribution in [2.45, 2.75) is 69.1 Å². The maximum atomic E-state index is 13.2. The molecule has 0 unspecified atom stereocenters. The molecule has 0 radical (unpaired) electrons. The van der Waals surface area contributed by atoms with E-state index in [1.165, 1.54) is 10.8 Å². The predicted octanol–water partition coefficient (Wildman–Crippen LogP) is -1.38. The molecule has 56 heavy (non-hydrogen) atoms. The number of carboxylic acid groups (broad SMARTS) is 4. The van der Waals surface area contributed by atoms with Crippen LogP contribution in [0.15, 0.2) is 30.3 Å². The summed E-state index contributed by atoms with van der Waals surface area (Å²) in [5.41, 5.74) is 5.54. The van der Waals surface area contributed by atoms with Crippen molar-refractivity contribution in [2.24, 2.45) is 5.73 Å². The maximum Gasteiger partial charge on any atom is 0.404 e. The zero-order chi connectivity index (χ0) is 42.0. The first-order valence-electron chi connectivity index (χ1n) is 16.8. The van der Waals surface area contributed by atoms with Gasteiger partial charge in [-0.05, 0) is 24.8 Å². The van der Waals surface area contributed by atoms with Crippen LogP contribution in [-0.2, 0) is 49.5 Å². The van der Waals surface area contributed by atoms with Crippen molar-refractivity contribution < 1.29 is 73.1 Å². The summed E-state index contributed by atoms with van der Waals surface area (Å²) >= 11 is 0. The zero-order valence-electron chi connectivity index (χ0n) is 29.9. The van der Waals surface area contributed by atoms with E-state index < -0.39 is 103 Å². The molecule has 0 saturated carbocycles. The molecule has 0 aliphatic carbocycles. The lowest BCUT2D eigenvalue weighted by atomic mass is 10.0. The number of nitrogens with two attached hydrogens (primary N) is 1. The van der Waals surface area contributed by atoms with Gasteiger partial charge in [-0.1, -0.05) is 51.9 Å². The third-order valence-electron chi connectivity index (χ3n) is 7.14. The van der Waals surface area contributed by atoms with Gasteiger partial charge in [0.2, 0.25) is 23.6 Å². The van der Waals surface area contributed by atoms with Crippen molar-refractivity contribution in [2.75, 3.05) is 31.2 Å². The van der Waals surface area contributed by atoms with Crippen molar-refractivity contribution in [3.63, 3.8) is 0 Å². The highest BCUT2D eigenvalue weighted by atomic mass is 33.1. The molecule has 0 aliphatic rings. The van der Waals surface area contributed by atoms with Gasteiger partial charge >= 0.3 is 36.0 Å². The van der Waals surface area contributed by atoms with E-state index in [9.17, 15) is 58.2 Å². The Morgan fingerprint density at radius 2 is 1.25 bits per heavy atom. The number of aliphatic carboxylic acids is 4. The summed E-state index contributed by atoms with van der Waals surface area (Å²) < 4.78 is 4.59. The fourth-order valence-corrected chi connectivity index (χ4v) is 6.33. The van der Waals surface area contributed by atoms with E-state index in [0.29, 0.717) is 11.3 Å². The normalized spacial score (nSPS) is 12.6. The Labute approximate surface area is 327 Å². The molecule has 12 N–H and O–H groups in total. The van der Waals surface area contributed by atoms with Crippen LogP contribution in [0.3, 0.4) is 0 Å². The molecule has 0 fully saturated rings. The molecule has 0 aromatic heterocycles. The number of carboxylic acids is 4. The van der Waals surface area contributed by atoms with Gasteiger partial charge in [0.15, 0.2) is 0 Å². The van der Waals surface area contributed by atoms with E-state index in [-0.39, 0.29) is 51.0 Å². The van der Waals surface area contributed by atoms with Crippen molar-refractivity contribution >= 4 is 81.2 Å². The minimum atomic E-state index is -1.60. The number of carbonyl (C=O) groups excluding carboxylic acids is 6. The second-order valence-electron chi connectivity index (χ2n) is 11.6. The van der Waals surface area contributed by atoms with Crippen LogP contribution in [0, 0.1) is 0 Å². The van der Waals surface area contributed by atoms with Gasteiger partial charge in [0.05, 0.1) is 6.54 Å². The van der Waals surface area contributed by atoms with Crippen molar-refractivity contribution in [3.8, 4) is 0 Å². The molecule has 22 nitrogen and oxygen atoms in total. The molecule has 4 atom stereocenters. The molecule has 1 rings (SSSR count). The molecule has 1 aromatic rings. The van der Waals surface area contributed by atoms with E-state index in [0.717, 1.165) is 10.8 Å². The van der Waals surface area contributed by atoms with Crippen LogP contribution in [0.2, 0.25) is 0 Å². The van der Waals surface area contributed by atoms with Crippen molar-refractivity contribution in [3.05, 3.63) is 35.9 Å². The highest BCUT2D eigenvalue weighted by Gasteiger charge is 2.28. The number of ether oxygens (including phenoxy) is 1. The summed E-state index contributed by atoms with van der Waals surface area (Å²) in [5, 5.41) is 50.6. The minimum absolute atomic E-state index is 0.000995. The lowest BCUT2D eigenvalue weighted by Crippen LogP contribution is -2.54. The highest BCUT2D eigenvalue weighted by Crippen LogP contribution is 2.22. The lowest BCUT2D eigenvalue weighted by molar-refractivity contribution is -0.142. The third kappa shape index (κ3) is 22.4. The first-order chi connectivity index (χ1) is 26.5.